The Morgan fingerprint density at radius 1 is 1.00 bits per heavy atom. The molecule has 0 aliphatic heterocycles. The van der Waals surface area contributed by atoms with Crippen molar-refractivity contribution in [3.63, 3.8) is 0 Å². The number of aldehydes is 1. The number of nitrogens with one attached hydrogen (secondary N) is 1. The van der Waals surface area contributed by atoms with Crippen LogP contribution in [0.2, 0.25) is 0 Å². The van der Waals surface area contributed by atoms with E-state index in [2.05, 4.69) is 26.2 Å². The molecule has 3 aromatic carbocycles. The summed E-state index contributed by atoms with van der Waals surface area (Å²) < 4.78 is 6.68. The Labute approximate surface area is 152 Å². The van der Waals surface area contributed by atoms with E-state index in [1.807, 2.05) is 60.7 Å². The zero-order chi connectivity index (χ0) is 17.2. The van der Waals surface area contributed by atoms with Crippen LogP contribution in [0.5, 0.6) is 0 Å². The number of hydrogen-bond donors (Lipinski definition) is 1. The second-order valence-electron chi connectivity index (χ2n) is 5.49. The zero-order valence-corrected chi connectivity index (χ0v) is 14.7. The molecule has 0 fully saturated rings. The highest BCUT2D eigenvalue weighted by Crippen LogP contribution is 2.30. The third-order valence-corrected chi connectivity index (χ3v) is 4.61. The number of carbonyl (C=O) groups is 1. The van der Waals surface area contributed by atoms with Crippen molar-refractivity contribution in [1.82, 2.24) is 4.98 Å². The van der Waals surface area contributed by atoms with Gasteiger partial charge in [0.1, 0.15) is 5.52 Å². The van der Waals surface area contributed by atoms with Crippen LogP contribution in [0.1, 0.15) is 5.89 Å². The molecule has 1 N–H and O–H groups in total. The van der Waals surface area contributed by atoms with Crippen LogP contribution < -0.4 is 5.32 Å². The van der Waals surface area contributed by atoms with Gasteiger partial charge in [0, 0.05) is 21.7 Å². The SMILES string of the molecule is O=CC(=CNc1ccc(Br)c2ccccc12)c1nc2ccccc2o1. The Bertz CT molecular complexity index is 1080. The van der Waals surface area contributed by atoms with Crippen molar-refractivity contribution in [2.24, 2.45) is 0 Å². The Hall–Kier alpha value is -2.92. The Balaban J connectivity index is 1.72. The summed E-state index contributed by atoms with van der Waals surface area (Å²) in [6, 6.07) is 19.4. The quantitative estimate of drug-likeness (QED) is 0.373. The average Bonchev–Trinajstić information content (AvgIpc) is 3.08. The van der Waals surface area contributed by atoms with Gasteiger partial charge in [0.25, 0.3) is 0 Å². The topological polar surface area (TPSA) is 55.1 Å². The molecule has 0 aliphatic carbocycles. The van der Waals surface area contributed by atoms with E-state index in [0.29, 0.717) is 17.0 Å². The Morgan fingerprint density at radius 2 is 1.76 bits per heavy atom. The Kier molecular flexibility index (Phi) is 4.07. The van der Waals surface area contributed by atoms with Gasteiger partial charge < -0.3 is 9.73 Å². The number of nitrogens with zero attached hydrogens (tertiary/aromatic N) is 1. The number of carbonyl (C=O) groups excluding carboxylic acids is 1. The van der Waals surface area contributed by atoms with Crippen LogP contribution >= 0.6 is 15.9 Å². The van der Waals surface area contributed by atoms with Crippen molar-refractivity contribution >= 4 is 55.3 Å². The first-order chi connectivity index (χ1) is 12.3. The minimum absolute atomic E-state index is 0.296. The lowest BCUT2D eigenvalue weighted by atomic mass is 10.1. The van der Waals surface area contributed by atoms with Crippen molar-refractivity contribution in [2.45, 2.75) is 0 Å². The fourth-order valence-corrected chi connectivity index (χ4v) is 3.16. The number of aromatic nitrogens is 1. The van der Waals surface area contributed by atoms with Crippen molar-refractivity contribution < 1.29 is 9.21 Å². The normalized spacial score (nSPS) is 11.8. The fourth-order valence-electron chi connectivity index (χ4n) is 2.69. The highest BCUT2D eigenvalue weighted by atomic mass is 79.9. The third-order valence-electron chi connectivity index (χ3n) is 3.92. The van der Waals surface area contributed by atoms with Crippen LogP contribution in [0.4, 0.5) is 5.69 Å². The monoisotopic (exact) mass is 392 g/mol. The average molecular weight is 393 g/mol. The maximum atomic E-state index is 11.5. The van der Waals surface area contributed by atoms with Crippen molar-refractivity contribution in [1.29, 1.82) is 0 Å². The number of halogens is 1. The molecule has 0 aliphatic rings. The predicted molar refractivity (Wildman–Crippen MR) is 103 cm³/mol. The molecule has 0 amide bonds. The van der Waals surface area contributed by atoms with Crippen LogP contribution in [0.3, 0.4) is 0 Å². The first-order valence-corrected chi connectivity index (χ1v) is 8.50. The van der Waals surface area contributed by atoms with E-state index >= 15 is 0 Å². The molecule has 25 heavy (non-hydrogen) atoms. The first-order valence-electron chi connectivity index (χ1n) is 7.71. The molecule has 0 saturated carbocycles. The molecular weight excluding hydrogens is 380 g/mol. The van der Waals surface area contributed by atoms with Crippen molar-refractivity contribution in [3.05, 3.63) is 77.2 Å². The summed E-state index contributed by atoms with van der Waals surface area (Å²) in [6.45, 7) is 0. The highest BCUT2D eigenvalue weighted by molar-refractivity contribution is 9.10. The van der Waals surface area contributed by atoms with E-state index in [9.17, 15) is 4.79 Å². The molecule has 1 aromatic heterocycles. The van der Waals surface area contributed by atoms with Crippen LogP contribution in [0, 0.1) is 0 Å². The molecule has 0 unspecified atom stereocenters. The molecule has 5 heteroatoms. The van der Waals surface area contributed by atoms with Crippen molar-refractivity contribution in [2.75, 3.05) is 5.32 Å². The number of para-hydroxylation sites is 2. The van der Waals surface area contributed by atoms with E-state index < -0.39 is 0 Å². The van der Waals surface area contributed by atoms with Crippen LogP contribution in [0.25, 0.3) is 27.4 Å². The van der Waals surface area contributed by atoms with Gasteiger partial charge >= 0.3 is 0 Å². The summed E-state index contributed by atoms with van der Waals surface area (Å²) in [5, 5.41) is 5.34. The Morgan fingerprint density at radius 3 is 2.56 bits per heavy atom. The number of rotatable bonds is 4. The minimum atomic E-state index is 0.296. The summed E-state index contributed by atoms with van der Waals surface area (Å²) in [5.41, 5.74) is 2.62. The summed E-state index contributed by atoms with van der Waals surface area (Å²) in [7, 11) is 0. The van der Waals surface area contributed by atoms with Gasteiger partial charge in [0.2, 0.25) is 5.89 Å². The smallest absolute Gasteiger partial charge is 0.232 e. The molecule has 0 bridgehead atoms. The van der Waals surface area contributed by atoms with E-state index in [-0.39, 0.29) is 0 Å². The fraction of sp³-hybridized carbons (Fsp3) is 0. The maximum absolute atomic E-state index is 11.5. The highest BCUT2D eigenvalue weighted by Gasteiger charge is 2.10. The number of oxazole rings is 1. The van der Waals surface area contributed by atoms with Crippen molar-refractivity contribution in [3.8, 4) is 0 Å². The van der Waals surface area contributed by atoms with Gasteiger partial charge in [0.15, 0.2) is 11.9 Å². The molecule has 4 nitrogen and oxygen atoms in total. The van der Waals surface area contributed by atoms with Gasteiger partial charge in [-0.15, -0.1) is 0 Å². The summed E-state index contributed by atoms with van der Waals surface area (Å²) in [5.74, 6) is 0.296. The molecule has 0 spiro atoms. The lowest BCUT2D eigenvalue weighted by molar-refractivity contribution is -0.103. The molecule has 122 valence electrons. The molecule has 4 aromatic rings. The predicted octanol–water partition coefficient (Wildman–Crippen LogP) is 5.40. The second-order valence-corrected chi connectivity index (χ2v) is 6.34. The molecule has 1 heterocycles. The zero-order valence-electron chi connectivity index (χ0n) is 13.1. The molecule has 0 atom stereocenters. The molecule has 0 radical (unpaired) electrons. The summed E-state index contributed by atoms with van der Waals surface area (Å²) in [4.78, 5) is 15.9. The van der Waals surface area contributed by atoms with Gasteiger partial charge in [-0.25, -0.2) is 4.98 Å². The lowest BCUT2D eigenvalue weighted by Crippen LogP contribution is -1.94. The van der Waals surface area contributed by atoms with Crippen LogP contribution in [0.15, 0.2) is 75.8 Å². The van der Waals surface area contributed by atoms with Gasteiger partial charge in [-0.1, -0.05) is 52.3 Å². The van der Waals surface area contributed by atoms with Crippen LogP contribution in [-0.4, -0.2) is 11.3 Å². The standard InChI is InChI=1S/C20H13BrN2O2/c21-16-9-10-17(15-6-2-1-5-14(15)16)22-11-13(12-24)20-23-18-7-3-4-8-19(18)25-20/h1-12,22H. The lowest BCUT2D eigenvalue weighted by Gasteiger charge is -2.08. The summed E-state index contributed by atoms with van der Waals surface area (Å²) >= 11 is 3.56. The first kappa shape index (κ1) is 15.6. The van der Waals surface area contributed by atoms with Gasteiger partial charge in [-0.05, 0) is 29.7 Å². The van der Waals surface area contributed by atoms with E-state index in [1.54, 1.807) is 6.20 Å². The van der Waals surface area contributed by atoms with Gasteiger partial charge in [0.05, 0.1) is 5.57 Å². The van der Waals surface area contributed by atoms with E-state index in [0.717, 1.165) is 32.7 Å². The number of fused-ring (bicyclic) bond motifs is 2. The largest absolute Gasteiger partial charge is 0.436 e. The van der Waals surface area contributed by atoms with E-state index in [1.165, 1.54) is 0 Å². The summed E-state index contributed by atoms with van der Waals surface area (Å²) in [6.07, 6.45) is 2.35. The maximum Gasteiger partial charge on any atom is 0.232 e. The minimum Gasteiger partial charge on any atom is -0.436 e. The van der Waals surface area contributed by atoms with E-state index in [4.69, 9.17) is 4.42 Å². The second kappa shape index (κ2) is 6.53. The number of allylic oxidation sites excluding steroid dienone is 1. The number of hydrogen-bond acceptors (Lipinski definition) is 4. The van der Waals surface area contributed by atoms with Gasteiger partial charge in [-0.2, -0.15) is 0 Å². The third kappa shape index (κ3) is 2.94. The molecule has 4 rings (SSSR count). The number of benzene rings is 3. The number of anilines is 1. The molecular formula is C20H13BrN2O2. The van der Waals surface area contributed by atoms with Gasteiger partial charge in [-0.3, -0.25) is 4.79 Å². The van der Waals surface area contributed by atoms with Crippen LogP contribution in [-0.2, 0) is 4.79 Å². The molecule has 0 saturated heterocycles.